The number of nitrogens with one attached hydrogen (secondary N) is 1. The van der Waals surface area contributed by atoms with Crippen molar-refractivity contribution in [1.29, 1.82) is 0 Å². The summed E-state index contributed by atoms with van der Waals surface area (Å²) in [5.74, 6) is 0.577. The van der Waals surface area contributed by atoms with E-state index >= 15 is 0 Å². The van der Waals surface area contributed by atoms with E-state index < -0.39 is 0 Å². The summed E-state index contributed by atoms with van der Waals surface area (Å²) in [5.41, 5.74) is 0.759. The molecule has 0 spiro atoms. The van der Waals surface area contributed by atoms with Crippen LogP contribution in [-0.4, -0.2) is 13.2 Å². The first-order valence-corrected chi connectivity index (χ1v) is 6.41. The molecule has 0 saturated heterocycles. The quantitative estimate of drug-likeness (QED) is 0.840. The zero-order valence-corrected chi connectivity index (χ0v) is 11.3. The molecule has 0 aliphatic rings. The Labute approximate surface area is 114 Å². The van der Waals surface area contributed by atoms with Crippen LogP contribution in [0.2, 0.25) is 0 Å². The van der Waals surface area contributed by atoms with Crippen LogP contribution in [-0.2, 0) is 0 Å². The molecule has 0 fully saturated rings. The van der Waals surface area contributed by atoms with Gasteiger partial charge in [-0.15, -0.1) is 0 Å². The Morgan fingerprint density at radius 1 is 1.11 bits per heavy atom. The Balaban J connectivity index is 1.74. The van der Waals surface area contributed by atoms with Crippen LogP contribution in [0.3, 0.4) is 0 Å². The molecule has 94 valence electrons. The van der Waals surface area contributed by atoms with Gasteiger partial charge in [0.05, 0.1) is 0 Å². The summed E-state index contributed by atoms with van der Waals surface area (Å²) in [5, 5.41) is 3.09. The number of rotatable bonds is 5. The maximum atomic E-state index is 12.9. The van der Waals surface area contributed by atoms with Gasteiger partial charge < -0.3 is 10.1 Å². The van der Waals surface area contributed by atoms with Gasteiger partial charge in [0.25, 0.3) is 0 Å². The summed E-state index contributed by atoms with van der Waals surface area (Å²) in [7, 11) is 0. The van der Waals surface area contributed by atoms with Gasteiger partial charge in [0.1, 0.15) is 18.2 Å². The molecular formula is C14H13BrFNO. The molecule has 4 heteroatoms. The smallest absolute Gasteiger partial charge is 0.125 e. The van der Waals surface area contributed by atoms with Gasteiger partial charge in [-0.2, -0.15) is 0 Å². The van der Waals surface area contributed by atoms with Gasteiger partial charge in [-0.25, -0.2) is 4.39 Å². The molecule has 2 aromatic rings. The van der Waals surface area contributed by atoms with Crippen LogP contribution < -0.4 is 10.1 Å². The Hall–Kier alpha value is -1.55. The lowest BCUT2D eigenvalue weighted by Gasteiger charge is -2.08. The van der Waals surface area contributed by atoms with E-state index in [1.165, 1.54) is 12.1 Å². The second-order valence-electron chi connectivity index (χ2n) is 3.74. The molecule has 18 heavy (non-hydrogen) atoms. The van der Waals surface area contributed by atoms with Crippen LogP contribution in [0.25, 0.3) is 0 Å². The molecule has 0 amide bonds. The molecule has 0 aliphatic heterocycles. The zero-order valence-electron chi connectivity index (χ0n) is 9.70. The number of hydrogen-bond acceptors (Lipinski definition) is 2. The highest BCUT2D eigenvalue weighted by Gasteiger charge is 1.95. The predicted octanol–water partition coefficient (Wildman–Crippen LogP) is 4.08. The summed E-state index contributed by atoms with van der Waals surface area (Å²) in [6.07, 6.45) is 0. The first kappa shape index (κ1) is 12.9. The number of benzene rings is 2. The minimum atomic E-state index is -0.242. The summed E-state index contributed by atoms with van der Waals surface area (Å²) >= 11 is 3.36. The maximum absolute atomic E-state index is 12.9. The highest BCUT2D eigenvalue weighted by molar-refractivity contribution is 9.10. The Bertz CT molecular complexity index is 501. The maximum Gasteiger partial charge on any atom is 0.125 e. The lowest BCUT2D eigenvalue weighted by atomic mass is 10.3. The van der Waals surface area contributed by atoms with Crippen LogP contribution in [0.5, 0.6) is 5.75 Å². The van der Waals surface area contributed by atoms with Gasteiger partial charge in [-0.1, -0.05) is 22.0 Å². The predicted molar refractivity (Wildman–Crippen MR) is 74.5 cm³/mol. The van der Waals surface area contributed by atoms with E-state index in [1.54, 1.807) is 6.07 Å². The van der Waals surface area contributed by atoms with Gasteiger partial charge >= 0.3 is 0 Å². The molecular weight excluding hydrogens is 297 g/mol. The molecule has 0 heterocycles. The van der Waals surface area contributed by atoms with Gasteiger partial charge in [0.15, 0.2) is 0 Å². The van der Waals surface area contributed by atoms with E-state index in [0.29, 0.717) is 13.2 Å². The van der Waals surface area contributed by atoms with Crippen molar-refractivity contribution < 1.29 is 9.13 Å². The van der Waals surface area contributed by atoms with Crippen molar-refractivity contribution in [3.63, 3.8) is 0 Å². The van der Waals surface area contributed by atoms with E-state index in [0.717, 1.165) is 15.9 Å². The largest absolute Gasteiger partial charge is 0.492 e. The lowest BCUT2D eigenvalue weighted by Crippen LogP contribution is -2.11. The van der Waals surface area contributed by atoms with Crippen LogP contribution in [0, 0.1) is 5.82 Å². The number of ether oxygens (including phenoxy) is 1. The van der Waals surface area contributed by atoms with Crippen molar-refractivity contribution in [3.8, 4) is 5.75 Å². The third-order valence-electron chi connectivity index (χ3n) is 2.34. The monoisotopic (exact) mass is 309 g/mol. The molecule has 0 bridgehead atoms. The first-order chi connectivity index (χ1) is 8.74. The third-order valence-corrected chi connectivity index (χ3v) is 2.87. The van der Waals surface area contributed by atoms with Crippen molar-refractivity contribution in [2.45, 2.75) is 0 Å². The highest BCUT2D eigenvalue weighted by atomic mass is 79.9. The second kappa shape index (κ2) is 6.40. The minimum Gasteiger partial charge on any atom is -0.492 e. The van der Waals surface area contributed by atoms with Crippen molar-refractivity contribution in [2.75, 3.05) is 18.5 Å². The van der Waals surface area contributed by atoms with Gasteiger partial charge in [-0.05, 0) is 42.5 Å². The number of anilines is 1. The lowest BCUT2D eigenvalue weighted by molar-refractivity contribution is 0.333. The highest BCUT2D eigenvalue weighted by Crippen LogP contribution is 2.16. The third kappa shape index (κ3) is 4.04. The van der Waals surface area contributed by atoms with Gasteiger partial charge in [0, 0.05) is 16.7 Å². The molecule has 1 N–H and O–H groups in total. The normalized spacial score (nSPS) is 10.1. The van der Waals surface area contributed by atoms with Crippen molar-refractivity contribution >= 4 is 21.6 Å². The molecule has 0 radical (unpaired) electrons. The second-order valence-corrected chi connectivity index (χ2v) is 4.66. The van der Waals surface area contributed by atoms with Crippen LogP contribution in [0.4, 0.5) is 10.1 Å². The van der Waals surface area contributed by atoms with E-state index in [2.05, 4.69) is 21.2 Å². The Morgan fingerprint density at radius 2 is 1.89 bits per heavy atom. The average molecular weight is 310 g/mol. The molecule has 2 nitrogen and oxygen atoms in total. The van der Waals surface area contributed by atoms with E-state index in [4.69, 9.17) is 4.74 Å². The molecule has 0 aliphatic carbocycles. The molecule has 0 atom stereocenters. The van der Waals surface area contributed by atoms with Crippen molar-refractivity contribution in [3.05, 3.63) is 58.8 Å². The molecule has 0 unspecified atom stereocenters. The van der Waals surface area contributed by atoms with Crippen LogP contribution >= 0.6 is 15.9 Å². The summed E-state index contributed by atoms with van der Waals surface area (Å²) in [4.78, 5) is 0. The molecule has 2 rings (SSSR count). The first-order valence-electron chi connectivity index (χ1n) is 5.62. The zero-order chi connectivity index (χ0) is 12.8. The van der Waals surface area contributed by atoms with Gasteiger partial charge in [-0.3, -0.25) is 0 Å². The number of hydrogen-bond donors (Lipinski definition) is 1. The topological polar surface area (TPSA) is 21.3 Å². The summed E-state index contributed by atoms with van der Waals surface area (Å²) < 4.78 is 19.5. The molecule has 2 aromatic carbocycles. The van der Waals surface area contributed by atoms with Gasteiger partial charge in [0.2, 0.25) is 0 Å². The van der Waals surface area contributed by atoms with Crippen LogP contribution in [0.1, 0.15) is 0 Å². The fraction of sp³-hybridized carbons (Fsp3) is 0.143. The summed E-state index contributed by atoms with van der Waals surface area (Å²) in [6, 6.07) is 14.0. The molecule has 0 aromatic heterocycles. The number of halogens is 2. The standard InChI is InChI=1S/C14H13BrFNO/c15-11-4-6-14(7-5-11)18-9-8-17-13-3-1-2-12(16)10-13/h1-7,10,17H,8-9H2. The SMILES string of the molecule is Fc1cccc(NCCOc2ccc(Br)cc2)c1. The van der Waals surface area contributed by atoms with Crippen LogP contribution in [0.15, 0.2) is 53.0 Å². The van der Waals surface area contributed by atoms with Crippen molar-refractivity contribution in [2.24, 2.45) is 0 Å². The Kier molecular flexibility index (Phi) is 4.59. The van der Waals surface area contributed by atoms with E-state index in [9.17, 15) is 4.39 Å². The van der Waals surface area contributed by atoms with E-state index in [1.807, 2.05) is 30.3 Å². The van der Waals surface area contributed by atoms with E-state index in [-0.39, 0.29) is 5.82 Å². The van der Waals surface area contributed by atoms with Crippen molar-refractivity contribution in [1.82, 2.24) is 0 Å². The molecule has 0 saturated carbocycles. The Morgan fingerprint density at radius 3 is 2.61 bits per heavy atom. The minimum absolute atomic E-state index is 0.242. The fourth-order valence-electron chi connectivity index (χ4n) is 1.49. The summed E-state index contributed by atoms with van der Waals surface area (Å²) in [6.45, 7) is 1.15. The fourth-order valence-corrected chi connectivity index (χ4v) is 1.76. The average Bonchev–Trinajstić information content (AvgIpc) is 2.37.